The van der Waals surface area contributed by atoms with Crippen LogP contribution in [0.3, 0.4) is 0 Å². The highest BCUT2D eigenvalue weighted by Crippen LogP contribution is 2.38. The zero-order valence-electron chi connectivity index (χ0n) is 41.6. The van der Waals surface area contributed by atoms with Gasteiger partial charge in [-0.1, -0.05) is 230 Å². The van der Waals surface area contributed by atoms with Gasteiger partial charge in [-0.05, 0) is 44.9 Å². The van der Waals surface area contributed by atoms with Crippen molar-refractivity contribution in [3.63, 3.8) is 0 Å². The van der Waals surface area contributed by atoms with Crippen molar-refractivity contribution in [3.8, 4) is 0 Å². The number of likely N-dealkylation sites (N-methyl/N-ethyl adjacent to an activating group) is 1. The van der Waals surface area contributed by atoms with E-state index in [1.807, 2.05) is 27.2 Å². The highest BCUT2D eigenvalue weighted by molar-refractivity contribution is 7.45. The largest absolute Gasteiger partial charge is 0.756 e. The Hall–Kier alpha value is -1.28. The van der Waals surface area contributed by atoms with Gasteiger partial charge in [-0.3, -0.25) is 9.36 Å². The Balaban J connectivity index is 4.36. The molecule has 0 aliphatic rings. The van der Waals surface area contributed by atoms with Gasteiger partial charge in [-0.2, -0.15) is 0 Å². The summed E-state index contributed by atoms with van der Waals surface area (Å²) in [6.45, 7) is 4.64. The highest BCUT2D eigenvalue weighted by atomic mass is 31.2. The minimum Gasteiger partial charge on any atom is -0.756 e. The van der Waals surface area contributed by atoms with Crippen molar-refractivity contribution >= 4 is 13.7 Å². The van der Waals surface area contributed by atoms with Gasteiger partial charge >= 0.3 is 0 Å². The number of carbonyl (C=O) groups excluding carboxylic acids is 1. The van der Waals surface area contributed by atoms with Crippen LogP contribution in [0.2, 0.25) is 0 Å². The molecule has 0 aromatic rings. The number of rotatable bonds is 48. The van der Waals surface area contributed by atoms with Gasteiger partial charge in [0.15, 0.2) is 0 Å². The SMILES string of the molecule is CCCCCCCCCCCCCC/C=C/CC/C=C/CC/C=C/C(O)C(COP(=O)([O-])OCC[N+](C)(C)C)NC(=O)CCCCCCCCCCCCCCCCCCCC. The molecule has 0 saturated heterocycles. The molecule has 366 valence electrons. The maximum absolute atomic E-state index is 12.9. The predicted molar refractivity (Wildman–Crippen MR) is 265 cm³/mol. The van der Waals surface area contributed by atoms with Crippen LogP contribution in [0.25, 0.3) is 0 Å². The van der Waals surface area contributed by atoms with E-state index >= 15 is 0 Å². The van der Waals surface area contributed by atoms with Crippen molar-refractivity contribution in [1.82, 2.24) is 5.32 Å². The normalized spacial score (nSPS) is 14.4. The molecule has 0 bridgehead atoms. The molecule has 3 atom stereocenters. The molecule has 0 aromatic carbocycles. The average molecular weight is 895 g/mol. The number of phosphoric ester groups is 1. The summed E-state index contributed by atoms with van der Waals surface area (Å²) in [5.74, 6) is -0.208. The third kappa shape index (κ3) is 46.7. The molecule has 3 unspecified atom stereocenters. The third-order valence-electron chi connectivity index (χ3n) is 11.8. The molecule has 0 spiro atoms. The van der Waals surface area contributed by atoms with E-state index in [9.17, 15) is 19.4 Å². The van der Waals surface area contributed by atoms with E-state index in [1.165, 1.54) is 180 Å². The summed E-state index contributed by atoms with van der Waals surface area (Å²) in [7, 11) is 1.24. The second-order valence-electron chi connectivity index (χ2n) is 19.2. The molecule has 0 saturated carbocycles. The van der Waals surface area contributed by atoms with Crippen LogP contribution in [0, 0.1) is 0 Å². The molecular weight excluding hydrogens is 792 g/mol. The average Bonchev–Trinajstić information content (AvgIpc) is 3.23. The van der Waals surface area contributed by atoms with Gasteiger partial charge in [0.25, 0.3) is 7.82 Å². The molecule has 0 aliphatic carbocycles. The number of carbonyl (C=O) groups is 1. The number of nitrogens with one attached hydrogen (secondary N) is 1. The molecule has 0 aromatic heterocycles. The van der Waals surface area contributed by atoms with Crippen LogP contribution in [0.4, 0.5) is 0 Å². The maximum atomic E-state index is 12.9. The van der Waals surface area contributed by atoms with Gasteiger partial charge in [0.1, 0.15) is 13.2 Å². The second-order valence-corrected chi connectivity index (χ2v) is 20.6. The van der Waals surface area contributed by atoms with E-state index in [0.717, 1.165) is 44.9 Å². The molecule has 0 heterocycles. The lowest BCUT2D eigenvalue weighted by Crippen LogP contribution is -2.45. The Morgan fingerprint density at radius 3 is 1.31 bits per heavy atom. The van der Waals surface area contributed by atoms with Gasteiger partial charge < -0.3 is 28.8 Å². The van der Waals surface area contributed by atoms with E-state index in [1.54, 1.807) is 6.08 Å². The topological polar surface area (TPSA) is 108 Å². The quantitative estimate of drug-likeness (QED) is 0.0273. The molecule has 0 aliphatic heterocycles. The van der Waals surface area contributed by atoms with Crippen molar-refractivity contribution in [3.05, 3.63) is 36.5 Å². The standard InChI is InChI=1S/C53H103N2O6P/c1-6-8-10-12-14-16-18-20-22-24-26-27-28-29-30-32-34-36-38-40-42-44-46-52(56)51(50-61-62(58,59)60-49-48-55(3,4)5)54-53(57)47-45-43-41-39-37-35-33-31-25-23-21-19-17-15-13-11-9-7-2/h29-30,36,38,44,46,51-52,56H,6-28,31-35,37,39-43,45,47-50H2,1-5H3,(H-,54,57,58,59)/b30-29+,38-36+,46-44+. The van der Waals surface area contributed by atoms with Crippen LogP contribution >= 0.6 is 7.82 Å². The maximum Gasteiger partial charge on any atom is 0.268 e. The summed E-state index contributed by atoms with van der Waals surface area (Å²) in [5, 5.41) is 13.8. The summed E-state index contributed by atoms with van der Waals surface area (Å²) in [5.41, 5.74) is 0. The van der Waals surface area contributed by atoms with Gasteiger partial charge in [0, 0.05) is 6.42 Å². The van der Waals surface area contributed by atoms with E-state index in [0.29, 0.717) is 17.4 Å². The van der Waals surface area contributed by atoms with E-state index in [4.69, 9.17) is 9.05 Å². The number of nitrogens with zero attached hydrogens (tertiary/aromatic N) is 1. The first-order chi connectivity index (χ1) is 30.0. The fourth-order valence-electron chi connectivity index (χ4n) is 7.66. The second kappa shape index (κ2) is 44.9. The van der Waals surface area contributed by atoms with Gasteiger partial charge in [0.05, 0.1) is 39.9 Å². The van der Waals surface area contributed by atoms with Crippen LogP contribution in [-0.4, -0.2) is 68.5 Å². The summed E-state index contributed by atoms with van der Waals surface area (Å²) >= 11 is 0. The first-order valence-corrected chi connectivity index (χ1v) is 27.8. The molecule has 8 nitrogen and oxygen atoms in total. The Morgan fingerprint density at radius 2 is 0.903 bits per heavy atom. The molecule has 1 amide bonds. The molecule has 62 heavy (non-hydrogen) atoms. The van der Waals surface area contributed by atoms with Crippen molar-refractivity contribution in [2.75, 3.05) is 40.9 Å². The van der Waals surface area contributed by atoms with Crippen LogP contribution in [0.1, 0.15) is 245 Å². The van der Waals surface area contributed by atoms with Gasteiger partial charge in [0.2, 0.25) is 5.91 Å². The fourth-order valence-corrected chi connectivity index (χ4v) is 8.38. The highest BCUT2D eigenvalue weighted by Gasteiger charge is 2.23. The lowest BCUT2D eigenvalue weighted by molar-refractivity contribution is -0.870. The van der Waals surface area contributed by atoms with Gasteiger partial charge in [-0.15, -0.1) is 0 Å². The number of phosphoric acid groups is 1. The Bertz CT molecular complexity index is 1110. The summed E-state index contributed by atoms with van der Waals surface area (Å²) in [6.07, 6.45) is 56.4. The number of quaternary nitrogens is 1. The minimum atomic E-state index is -4.60. The zero-order valence-corrected chi connectivity index (χ0v) is 42.5. The number of hydrogen-bond donors (Lipinski definition) is 2. The smallest absolute Gasteiger partial charge is 0.268 e. The fraction of sp³-hybridized carbons (Fsp3) is 0.868. The Kier molecular flexibility index (Phi) is 44.0. The number of hydrogen-bond acceptors (Lipinski definition) is 6. The molecule has 9 heteroatoms. The number of aliphatic hydroxyl groups is 1. The molecular formula is C53H103N2O6P. The lowest BCUT2D eigenvalue weighted by atomic mass is 10.0. The summed E-state index contributed by atoms with van der Waals surface area (Å²) < 4.78 is 23.3. The van der Waals surface area contributed by atoms with E-state index in [2.05, 4.69) is 43.5 Å². The van der Waals surface area contributed by atoms with E-state index < -0.39 is 26.6 Å². The molecule has 0 radical (unpaired) electrons. The monoisotopic (exact) mass is 895 g/mol. The zero-order chi connectivity index (χ0) is 45.7. The van der Waals surface area contributed by atoms with Crippen molar-refractivity contribution in [2.24, 2.45) is 0 Å². The van der Waals surface area contributed by atoms with Crippen LogP contribution in [0.5, 0.6) is 0 Å². The summed E-state index contributed by atoms with van der Waals surface area (Å²) in [6, 6.07) is -0.907. The molecule has 0 fully saturated rings. The number of amides is 1. The van der Waals surface area contributed by atoms with Crippen LogP contribution < -0.4 is 10.2 Å². The molecule has 2 N–H and O–H groups in total. The number of allylic oxidation sites excluding steroid dienone is 5. The van der Waals surface area contributed by atoms with Crippen molar-refractivity contribution in [1.29, 1.82) is 0 Å². The van der Waals surface area contributed by atoms with Crippen molar-refractivity contribution in [2.45, 2.75) is 257 Å². The van der Waals surface area contributed by atoms with Crippen LogP contribution in [0.15, 0.2) is 36.5 Å². The minimum absolute atomic E-state index is 0.00754. The number of unbranched alkanes of at least 4 members (excludes halogenated alkanes) is 31. The van der Waals surface area contributed by atoms with E-state index in [-0.39, 0.29) is 12.5 Å². The molecule has 0 rings (SSSR count). The first kappa shape index (κ1) is 60.7. The van der Waals surface area contributed by atoms with Crippen molar-refractivity contribution < 1.29 is 32.9 Å². The first-order valence-electron chi connectivity index (χ1n) is 26.4. The lowest BCUT2D eigenvalue weighted by Gasteiger charge is -2.29. The number of aliphatic hydroxyl groups excluding tert-OH is 1. The predicted octanol–water partition coefficient (Wildman–Crippen LogP) is 14.8. The Labute approximate surface area is 385 Å². The summed E-state index contributed by atoms with van der Waals surface area (Å²) in [4.78, 5) is 25.4. The Morgan fingerprint density at radius 1 is 0.548 bits per heavy atom. The third-order valence-corrected chi connectivity index (χ3v) is 12.8. The van der Waals surface area contributed by atoms with Crippen LogP contribution in [-0.2, 0) is 18.4 Å². The van der Waals surface area contributed by atoms with Gasteiger partial charge in [-0.25, -0.2) is 0 Å².